The minimum atomic E-state index is -0.234. The molecular formula is C20H25N3O3. The Labute approximate surface area is 153 Å². The highest BCUT2D eigenvalue weighted by atomic mass is 16.5. The van der Waals surface area contributed by atoms with Gasteiger partial charge in [0, 0.05) is 37.0 Å². The van der Waals surface area contributed by atoms with Gasteiger partial charge in [0.2, 0.25) is 0 Å². The SMILES string of the molecule is COc1ccccc1[C@@H](CNC(=O)c1ccn(C)c(=O)c1)N1CCCC1. The molecule has 2 aromatic rings. The number of carbonyl (C=O) groups excluding carboxylic acids is 1. The first-order chi connectivity index (χ1) is 12.6. The highest BCUT2D eigenvalue weighted by Crippen LogP contribution is 2.31. The minimum absolute atomic E-state index is 0.0455. The van der Waals surface area contributed by atoms with Crippen LogP contribution < -0.4 is 15.6 Å². The monoisotopic (exact) mass is 355 g/mol. The van der Waals surface area contributed by atoms with Crippen molar-refractivity contribution in [3.8, 4) is 5.75 Å². The van der Waals surface area contributed by atoms with Crippen LogP contribution in [0.15, 0.2) is 47.4 Å². The van der Waals surface area contributed by atoms with Crippen molar-refractivity contribution in [2.24, 2.45) is 7.05 Å². The highest BCUT2D eigenvalue weighted by Gasteiger charge is 2.26. The van der Waals surface area contributed by atoms with Crippen LogP contribution >= 0.6 is 0 Å². The summed E-state index contributed by atoms with van der Waals surface area (Å²) in [7, 11) is 3.33. The predicted octanol–water partition coefficient (Wildman–Crippen LogP) is 1.96. The van der Waals surface area contributed by atoms with E-state index >= 15 is 0 Å². The zero-order valence-corrected chi connectivity index (χ0v) is 15.3. The van der Waals surface area contributed by atoms with Gasteiger partial charge in [0.15, 0.2) is 0 Å². The number of hydrogen-bond acceptors (Lipinski definition) is 4. The normalized spacial score (nSPS) is 15.6. The van der Waals surface area contributed by atoms with Gasteiger partial charge in [-0.05, 0) is 38.1 Å². The molecule has 1 atom stereocenters. The molecule has 3 rings (SSSR count). The second-order valence-electron chi connectivity index (χ2n) is 6.58. The van der Waals surface area contributed by atoms with E-state index in [0.29, 0.717) is 12.1 Å². The van der Waals surface area contributed by atoms with Gasteiger partial charge in [-0.1, -0.05) is 18.2 Å². The number of ether oxygens (including phenoxy) is 1. The van der Waals surface area contributed by atoms with E-state index in [0.717, 1.165) is 37.2 Å². The number of likely N-dealkylation sites (tertiary alicyclic amines) is 1. The van der Waals surface area contributed by atoms with E-state index in [1.165, 1.54) is 10.6 Å². The average Bonchev–Trinajstić information content (AvgIpc) is 3.19. The van der Waals surface area contributed by atoms with Gasteiger partial charge in [-0.15, -0.1) is 0 Å². The number of hydrogen-bond donors (Lipinski definition) is 1. The van der Waals surface area contributed by atoms with Crippen molar-refractivity contribution in [2.75, 3.05) is 26.7 Å². The van der Waals surface area contributed by atoms with Gasteiger partial charge in [0.1, 0.15) is 5.75 Å². The number of rotatable bonds is 6. The molecule has 1 aromatic carbocycles. The lowest BCUT2D eigenvalue weighted by Gasteiger charge is -2.29. The van der Waals surface area contributed by atoms with Gasteiger partial charge >= 0.3 is 0 Å². The molecule has 1 aliphatic rings. The molecular weight excluding hydrogens is 330 g/mol. The zero-order valence-electron chi connectivity index (χ0n) is 15.3. The molecule has 1 aliphatic heterocycles. The molecule has 0 saturated carbocycles. The maximum Gasteiger partial charge on any atom is 0.251 e. The van der Waals surface area contributed by atoms with Gasteiger partial charge < -0.3 is 14.6 Å². The Balaban J connectivity index is 1.78. The van der Waals surface area contributed by atoms with Gasteiger partial charge in [-0.2, -0.15) is 0 Å². The summed E-state index contributed by atoms with van der Waals surface area (Å²) in [5, 5.41) is 2.99. The van der Waals surface area contributed by atoms with E-state index in [2.05, 4.69) is 10.2 Å². The molecule has 1 fully saturated rings. The molecule has 1 saturated heterocycles. The van der Waals surface area contributed by atoms with E-state index in [9.17, 15) is 9.59 Å². The van der Waals surface area contributed by atoms with Gasteiger partial charge in [0.25, 0.3) is 11.5 Å². The molecule has 26 heavy (non-hydrogen) atoms. The average molecular weight is 355 g/mol. The molecule has 1 amide bonds. The number of aromatic nitrogens is 1. The molecule has 1 aromatic heterocycles. The summed E-state index contributed by atoms with van der Waals surface area (Å²) in [5.41, 5.74) is 1.26. The number of benzene rings is 1. The quantitative estimate of drug-likeness (QED) is 0.860. The third-order valence-electron chi connectivity index (χ3n) is 4.90. The Morgan fingerprint density at radius 3 is 2.65 bits per heavy atom. The molecule has 0 aliphatic carbocycles. The Morgan fingerprint density at radius 2 is 1.96 bits per heavy atom. The number of aryl methyl sites for hydroxylation is 1. The van der Waals surface area contributed by atoms with Crippen molar-refractivity contribution in [1.82, 2.24) is 14.8 Å². The topological polar surface area (TPSA) is 63.6 Å². The predicted molar refractivity (Wildman–Crippen MR) is 101 cm³/mol. The molecule has 6 nitrogen and oxygen atoms in total. The number of amides is 1. The number of pyridine rings is 1. The second kappa shape index (κ2) is 8.19. The van der Waals surface area contributed by atoms with Crippen LogP contribution in [-0.2, 0) is 7.05 Å². The van der Waals surface area contributed by atoms with Crippen molar-refractivity contribution in [2.45, 2.75) is 18.9 Å². The molecule has 0 bridgehead atoms. The van der Waals surface area contributed by atoms with Crippen molar-refractivity contribution in [3.05, 3.63) is 64.1 Å². The summed E-state index contributed by atoms with van der Waals surface area (Å²) in [5.74, 6) is 0.592. The molecule has 2 heterocycles. The van der Waals surface area contributed by atoms with Crippen LogP contribution in [0.5, 0.6) is 5.75 Å². The van der Waals surface area contributed by atoms with Crippen LogP contribution in [0.3, 0.4) is 0 Å². The van der Waals surface area contributed by atoms with Crippen molar-refractivity contribution < 1.29 is 9.53 Å². The summed E-state index contributed by atoms with van der Waals surface area (Å²) >= 11 is 0. The van der Waals surface area contributed by atoms with E-state index in [-0.39, 0.29) is 17.5 Å². The van der Waals surface area contributed by atoms with Crippen LogP contribution in [0.4, 0.5) is 0 Å². The van der Waals surface area contributed by atoms with Crippen LogP contribution in [0.2, 0.25) is 0 Å². The maximum atomic E-state index is 12.5. The highest BCUT2D eigenvalue weighted by molar-refractivity contribution is 5.94. The Morgan fingerprint density at radius 1 is 1.23 bits per heavy atom. The molecule has 0 radical (unpaired) electrons. The maximum absolute atomic E-state index is 12.5. The van der Waals surface area contributed by atoms with E-state index in [1.807, 2.05) is 24.3 Å². The lowest BCUT2D eigenvalue weighted by Crippen LogP contribution is -2.37. The smallest absolute Gasteiger partial charge is 0.251 e. The summed E-state index contributed by atoms with van der Waals surface area (Å²) in [6, 6.07) is 11.0. The summed E-state index contributed by atoms with van der Waals surface area (Å²) in [4.78, 5) is 26.6. The number of carbonyl (C=O) groups is 1. The fourth-order valence-corrected chi connectivity index (χ4v) is 3.41. The van der Waals surface area contributed by atoms with Crippen LogP contribution in [0.1, 0.15) is 34.8 Å². The van der Waals surface area contributed by atoms with Crippen molar-refractivity contribution in [3.63, 3.8) is 0 Å². The second-order valence-corrected chi connectivity index (χ2v) is 6.58. The van der Waals surface area contributed by atoms with Gasteiger partial charge in [-0.3, -0.25) is 14.5 Å². The van der Waals surface area contributed by atoms with Gasteiger partial charge in [-0.25, -0.2) is 0 Å². The number of methoxy groups -OCH3 is 1. The van der Waals surface area contributed by atoms with Crippen LogP contribution in [0, 0.1) is 0 Å². The lowest BCUT2D eigenvalue weighted by atomic mass is 10.0. The van der Waals surface area contributed by atoms with E-state index < -0.39 is 0 Å². The molecule has 0 spiro atoms. The summed E-state index contributed by atoms with van der Waals surface area (Å²) in [6.07, 6.45) is 3.93. The van der Waals surface area contributed by atoms with Crippen LogP contribution in [0.25, 0.3) is 0 Å². The Kier molecular flexibility index (Phi) is 5.73. The first kappa shape index (κ1) is 18.2. The fraction of sp³-hybridized carbons (Fsp3) is 0.400. The lowest BCUT2D eigenvalue weighted by molar-refractivity contribution is 0.0937. The first-order valence-corrected chi connectivity index (χ1v) is 8.92. The van der Waals surface area contributed by atoms with Crippen molar-refractivity contribution >= 4 is 5.91 Å². The summed E-state index contributed by atoms with van der Waals surface area (Å²) < 4.78 is 6.97. The molecule has 0 unspecified atom stereocenters. The number of para-hydroxylation sites is 1. The van der Waals surface area contributed by atoms with Gasteiger partial charge in [0.05, 0.1) is 13.2 Å². The molecule has 6 heteroatoms. The fourth-order valence-electron chi connectivity index (χ4n) is 3.41. The standard InChI is InChI=1S/C20H25N3O3/c1-22-12-9-15(13-19(22)24)20(25)21-14-17(23-10-5-6-11-23)16-7-3-4-8-18(16)26-2/h3-4,7-9,12-13,17H,5-6,10-11,14H2,1-2H3,(H,21,25)/t17-/m1/s1. The summed E-state index contributed by atoms with van der Waals surface area (Å²) in [6.45, 7) is 2.48. The third kappa shape index (κ3) is 3.96. The zero-order chi connectivity index (χ0) is 18.5. The number of nitrogens with one attached hydrogen (secondary N) is 1. The number of nitrogens with zero attached hydrogens (tertiary/aromatic N) is 2. The molecule has 1 N–H and O–H groups in total. The Bertz CT molecular complexity index is 825. The Hall–Kier alpha value is -2.60. The van der Waals surface area contributed by atoms with E-state index in [4.69, 9.17) is 4.74 Å². The third-order valence-corrected chi connectivity index (χ3v) is 4.90. The van der Waals surface area contributed by atoms with Crippen LogP contribution in [-0.4, -0.2) is 42.1 Å². The van der Waals surface area contributed by atoms with Crippen molar-refractivity contribution in [1.29, 1.82) is 0 Å². The first-order valence-electron chi connectivity index (χ1n) is 8.92. The minimum Gasteiger partial charge on any atom is -0.496 e. The molecule has 138 valence electrons. The van der Waals surface area contributed by atoms with E-state index in [1.54, 1.807) is 26.4 Å². The largest absolute Gasteiger partial charge is 0.496 e.